The Morgan fingerprint density at radius 3 is 1.65 bits per heavy atom. The topological polar surface area (TPSA) is 0 Å². The molecule has 40 heavy (non-hydrogen) atoms. The van der Waals surface area contributed by atoms with Gasteiger partial charge in [-0.05, 0) is 187 Å². The lowest BCUT2D eigenvalue weighted by Crippen LogP contribution is -2.31. The Hall–Kier alpha value is -3.64. The fraction of sp³-hybridized carbons (Fsp3) is 0.300. The highest BCUT2D eigenvalue weighted by atomic mass is 14.5. The molecular weight excluding hydrogens is 480 g/mol. The van der Waals surface area contributed by atoms with Crippen LogP contribution in [-0.4, -0.2) is 0 Å². The second-order valence-corrected chi connectivity index (χ2v) is 12.5. The molecule has 0 fully saturated rings. The molecule has 0 bridgehead atoms. The van der Waals surface area contributed by atoms with Gasteiger partial charge in [-0.25, -0.2) is 0 Å². The first kappa shape index (κ1) is 23.1. The Labute approximate surface area is 243 Å². The van der Waals surface area contributed by atoms with Crippen LogP contribution in [-0.2, 0) is 11.8 Å². The lowest BCUT2D eigenvalue weighted by atomic mass is 9.63. The molecule has 0 saturated heterocycles. The highest BCUT2D eigenvalue weighted by Gasteiger charge is 2.48. The van der Waals surface area contributed by atoms with Crippen molar-refractivity contribution in [1.82, 2.24) is 0 Å². The zero-order chi connectivity index (χ0) is 30.2. The van der Waals surface area contributed by atoms with Gasteiger partial charge in [0, 0.05) is 2.74 Å². The molecule has 3 aliphatic rings. The molecule has 0 nitrogen and oxygen atoms in total. The summed E-state index contributed by atoms with van der Waals surface area (Å²) in [6.07, 6.45) is 3.28. The first-order valence-electron chi connectivity index (χ1n) is 15.6. The molecule has 3 aliphatic carbocycles. The summed E-state index contributed by atoms with van der Waals surface area (Å²) in [5.41, 5.74) is 24.8. The van der Waals surface area contributed by atoms with Gasteiger partial charge >= 0.3 is 0 Å². The van der Waals surface area contributed by atoms with Crippen molar-refractivity contribution in [1.29, 1.82) is 0 Å². The molecule has 0 heteroatoms. The van der Waals surface area contributed by atoms with Gasteiger partial charge in [0.1, 0.15) is 0 Å². The Bertz CT molecular complexity index is 1910. The predicted octanol–water partition coefficient (Wildman–Crippen LogP) is 10.4. The number of rotatable bonds is 0. The van der Waals surface area contributed by atoms with Gasteiger partial charge in [-0.1, -0.05) is 48.6 Å². The molecule has 0 amide bonds. The van der Waals surface area contributed by atoms with Crippen molar-refractivity contribution in [3.8, 4) is 11.1 Å². The number of benzene rings is 4. The van der Waals surface area contributed by atoms with Gasteiger partial charge in [0.2, 0.25) is 0 Å². The molecule has 0 radical (unpaired) electrons. The van der Waals surface area contributed by atoms with Gasteiger partial charge < -0.3 is 0 Å². The lowest BCUT2D eigenvalue weighted by Gasteiger charge is -2.38. The SMILES string of the molecule is [3H]C1([3H])c2ccccc2-c2c1ccc1c2C=CC12c1c(C)c(C)c(C)c(C)c1C(C)=C(C)c1c(C)c(C)c(C)c(C)c12. The average Bonchev–Trinajstić information content (AvgIpc) is 3.44. The zero-order valence-electron chi connectivity index (χ0n) is 27.6. The van der Waals surface area contributed by atoms with Crippen LogP contribution < -0.4 is 0 Å². The van der Waals surface area contributed by atoms with Crippen LogP contribution in [0.1, 0.15) is 106 Å². The molecule has 0 atom stereocenters. The Morgan fingerprint density at radius 1 is 0.550 bits per heavy atom. The molecule has 4 aromatic rings. The quantitative estimate of drug-likeness (QED) is 0.215. The summed E-state index contributed by atoms with van der Waals surface area (Å²) >= 11 is 0. The van der Waals surface area contributed by atoms with Crippen LogP contribution in [0.3, 0.4) is 0 Å². The van der Waals surface area contributed by atoms with Crippen LogP contribution >= 0.6 is 0 Å². The van der Waals surface area contributed by atoms with E-state index in [9.17, 15) is 0 Å². The van der Waals surface area contributed by atoms with Crippen molar-refractivity contribution in [2.45, 2.75) is 81.0 Å². The summed E-state index contributed by atoms with van der Waals surface area (Å²) < 4.78 is 18.3. The first-order chi connectivity index (χ1) is 19.8. The monoisotopic (exact) mass is 524 g/mol. The molecule has 0 N–H and O–H groups in total. The van der Waals surface area contributed by atoms with Crippen molar-refractivity contribution < 1.29 is 2.74 Å². The smallest absolute Gasteiger partial charge is 0.0645 e. The summed E-state index contributed by atoms with van der Waals surface area (Å²) in [5, 5.41) is 0. The normalized spacial score (nSPS) is 17.6. The fourth-order valence-corrected chi connectivity index (χ4v) is 8.27. The molecule has 200 valence electrons. The van der Waals surface area contributed by atoms with Gasteiger partial charge in [0.05, 0.1) is 5.41 Å². The third kappa shape index (κ3) is 2.82. The van der Waals surface area contributed by atoms with Crippen molar-refractivity contribution >= 4 is 17.2 Å². The van der Waals surface area contributed by atoms with Gasteiger partial charge in [-0.2, -0.15) is 0 Å². The van der Waals surface area contributed by atoms with E-state index in [2.05, 4.69) is 99.6 Å². The second kappa shape index (κ2) is 8.20. The number of fused-ring (bicyclic) bond motifs is 10. The van der Waals surface area contributed by atoms with Crippen molar-refractivity contribution in [3.05, 3.63) is 131 Å². The van der Waals surface area contributed by atoms with Crippen molar-refractivity contribution in [2.24, 2.45) is 0 Å². The molecule has 0 unspecified atom stereocenters. The highest BCUT2D eigenvalue weighted by molar-refractivity contribution is 6.00. The minimum atomic E-state index is -1.51. The summed E-state index contributed by atoms with van der Waals surface area (Å²) in [4.78, 5) is 0. The number of hydrogen-bond acceptors (Lipinski definition) is 0. The molecule has 0 aliphatic heterocycles. The molecular formula is C40H40. The van der Waals surface area contributed by atoms with Crippen molar-refractivity contribution in [2.75, 3.05) is 0 Å². The Balaban J connectivity index is 1.74. The largest absolute Gasteiger partial charge is 0.0658 e. The average molecular weight is 525 g/mol. The van der Waals surface area contributed by atoms with E-state index in [4.69, 9.17) is 2.74 Å². The highest BCUT2D eigenvalue weighted by Crippen LogP contribution is 2.59. The van der Waals surface area contributed by atoms with Gasteiger partial charge in [-0.3, -0.25) is 0 Å². The summed E-state index contributed by atoms with van der Waals surface area (Å²) in [6, 6.07) is 12.4. The van der Waals surface area contributed by atoms with Gasteiger partial charge in [-0.15, -0.1) is 0 Å². The maximum atomic E-state index is 9.13. The van der Waals surface area contributed by atoms with E-state index >= 15 is 0 Å². The third-order valence-electron chi connectivity index (χ3n) is 11.1. The van der Waals surface area contributed by atoms with Crippen LogP contribution in [0.5, 0.6) is 0 Å². The van der Waals surface area contributed by atoms with E-state index in [-0.39, 0.29) is 0 Å². The molecule has 1 spiro atoms. The van der Waals surface area contributed by atoms with Crippen LogP contribution in [0.25, 0.3) is 28.3 Å². The first-order valence-corrected chi connectivity index (χ1v) is 14.6. The van der Waals surface area contributed by atoms with Crippen LogP contribution in [0.15, 0.2) is 42.5 Å². The third-order valence-corrected chi connectivity index (χ3v) is 11.1. The minimum absolute atomic E-state index is 0.487. The maximum Gasteiger partial charge on any atom is 0.0658 e. The number of hydrogen-bond donors (Lipinski definition) is 0. The number of allylic oxidation sites excluding steroid dienone is 3. The van der Waals surface area contributed by atoms with E-state index in [1.165, 1.54) is 89.0 Å². The Morgan fingerprint density at radius 2 is 1.07 bits per heavy atom. The van der Waals surface area contributed by atoms with E-state index in [0.29, 0.717) is 0 Å². The van der Waals surface area contributed by atoms with Crippen LogP contribution in [0.2, 0.25) is 0 Å². The Kier molecular flexibility index (Phi) is 4.73. The van der Waals surface area contributed by atoms with Gasteiger partial charge in [0.25, 0.3) is 0 Å². The van der Waals surface area contributed by atoms with E-state index < -0.39 is 11.8 Å². The molecule has 7 rings (SSSR count). The predicted molar refractivity (Wildman–Crippen MR) is 173 cm³/mol. The molecule has 0 heterocycles. The summed E-state index contributed by atoms with van der Waals surface area (Å²) in [5.74, 6) is 0. The van der Waals surface area contributed by atoms with E-state index in [1.807, 2.05) is 18.2 Å². The van der Waals surface area contributed by atoms with Crippen LogP contribution in [0, 0.1) is 55.4 Å². The molecule has 4 aromatic carbocycles. The maximum absolute atomic E-state index is 9.13. The van der Waals surface area contributed by atoms with E-state index in [0.717, 1.165) is 22.3 Å². The summed E-state index contributed by atoms with van der Waals surface area (Å²) in [7, 11) is 0. The zero-order valence-corrected chi connectivity index (χ0v) is 25.6. The lowest BCUT2D eigenvalue weighted by molar-refractivity contribution is 0.766. The van der Waals surface area contributed by atoms with Crippen LogP contribution in [0.4, 0.5) is 0 Å². The van der Waals surface area contributed by atoms with E-state index in [1.54, 1.807) is 0 Å². The van der Waals surface area contributed by atoms with Crippen molar-refractivity contribution in [3.63, 3.8) is 0 Å². The standard InChI is InChI=1S/C40H40/c1-20-22(3)28(9)38-35(24(20)5)26(7)27(8)36-25(6)21(2)23(4)29(10)39(36)40(38)18-17-33-34(40)16-15-31-19-30-13-11-12-14-32(30)37(31)33/h11-18H,19H2,1-10H3/i19T2. The second-order valence-electron chi connectivity index (χ2n) is 12.5. The van der Waals surface area contributed by atoms with Gasteiger partial charge in [0.15, 0.2) is 0 Å². The summed E-state index contributed by atoms with van der Waals surface area (Å²) in [6.45, 7) is 23.1. The molecule has 0 aromatic heterocycles. The fourth-order valence-electron chi connectivity index (χ4n) is 8.27. The minimum Gasteiger partial charge on any atom is -0.0645 e. The molecule has 0 saturated carbocycles.